The average molecular weight is 512 g/mol. The van der Waals surface area contributed by atoms with Crippen LogP contribution in [0.25, 0.3) is 11.3 Å². The normalized spacial score (nSPS) is 22.8. The number of carbonyl (C=O) groups excluding carboxylic acids is 2. The van der Waals surface area contributed by atoms with E-state index in [1.807, 2.05) is 0 Å². The van der Waals surface area contributed by atoms with Crippen LogP contribution in [0.1, 0.15) is 31.4 Å². The summed E-state index contributed by atoms with van der Waals surface area (Å²) >= 11 is 13.8. The van der Waals surface area contributed by atoms with Gasteiger partial charge in [-0.05, 0) is 32.9 Å². The summed E-state index contributed by atoms with van der Waals surface area (Å²) < 4.78 is 4.52. The fraction of sp³-hybridized carbons (Fsp3) is 0.368. The molecule has 2 amide bonds. The van der Waals surface area contributed by atoms with Crippen molar-refractivity contribution >= 4 is 52.7 Å². The van der Waals surface area contributed by atoms with Crippen LogP contribution in [-0.4, -0.2) is 60.6 Å². The molecule has 13 heteroatoms. The number of aliphatic carboxylic acids is 1. The Morgan fingerprint density at radius 2 is 1.91 bits per heavy atom. The number of thioether (sulfide) groups is 1. The fourth-order valence-electron chi connectivity index (χ4n) is 3.89. The minimum absolute atomic E-state index is 0. The van der Waals surface area contributed by atoms with Crippen LogP contribution in [-0.2, 0) is 9.59 Å². The summed E-state index contributed by atoms with van der Waals surface area (Å²) in [6.07, 6.45) is 0. The molecule has 2 aliphatic heterocycles. The van der Waals surface area contributed by atoms with Crippen LogP contribution in [0, 0.1) is 6.92 Å². The predicted molar refractivity (Wildman–Crippen MR) is 116 cm³/mol. The van der Waals surface area contributed by atoms with Gasteiger partial charge in [-0.3, -0.25) is 9.59 Å². The van der Waals surface area contributed by atoms with E-state index in [2.05, 4.69) is 10.5 Å². The molecule has 3 atom stereocenters. The van der Waals surface area contributed by atoms with Gasteiger partial charge in [0.05, 0.1) is 10.0 Å². The number of carboxylic acids is 1. The Kier molecular flexibility index (Phi) is 8.04. The minimum atomic E-state index is -1.07. The summed E-state index contributed by atoms with van der Waals surface area (Å²) in [7, 11) is 0. The number of fused-ring (bicyclic) bond motifs is 1. The monoisotopic (exact) mass is 511 g/mol. The van der Waals surface area contributed by atoms with Gasteiger partial charge in [0.1, 0.15) is 34.5 Å². The Morgan fingerprint density at radius 1 is 1.31 bits per heavy atom. The van der Waals surface area contributed by atoms with Crippen LogP contribution >= 0.6 is 35.0 Å². The van der Waals surface area contributed by atoms with E-state index in [0.29, 0.717) is 15.6 Å². The molecule has 0 spiro atoms. The van der Waals surface area contributed by atoms with Crippen molar-refractivity contribution < 1.29 is 60.5 Å². The molecule has 2 fully saturated rings. The van der Waals surface area contributed by atoms with Gasteiger partial charge in [-0.2, -0.15) is 0 Å². The van der Waals surface area contributed by atoms with Crippen LogP contribution in [0.2, 0.25) is 10.0 Å². The van der Waals surface area contributed by atoms with Crippen molar-refractivity contribution in [2.45, 2.75) is 43.0 Å². The minimum Gasteiger partial charge on any atom is -1.00 e. The summed E-state index contributed by atoms with van der Waals surface area (Å²) in [5, 5.41) is 16.3. The number of nitrogens with zero attached hydrogens (tertiary/aromatic N) is 2. The number of aryl methyl sites for hydroxylation is 1. The maximum Gasteiger partial charge on any atom is 1.00 e. The molecule has 32 heavy (non-hydrogen) atoms. The number of hydrogen-bond donors (Lipinski definition) is 2. The molecule has 1 aromatic heterocycles. The van der Waals surface area contributed by atoms with Crippen molar-refractivity contribution in [1.29, 1.82) is 0 Å². The summed E-state index contributed by atoms with van der Waals surface area (Å²) in [6.45, 7) is 5.10. The number of amides is 2. The summed E-state index contributed by atoms with van der Waals surface area (Å²) in [5.41, 5.74) is 0.645. The Balaban J connectivity index is 0.00000181. The SMILES string of the molecule is Cc1onc(-c2c(Cl)cccc2Cl)c1C(=O)N[C@@H]1C(=O)N2[C@@H]1SC(C)(C)[C@@H]2C(=O)O.O.[H-].[Na+]. The van der Waals surface area contributed by atoms with E-state index >= 15 is 0 Å². The first kappa shape index (κ1) is 27.0. The van der Waals surface area contributed by atoms with Gasteiger partial charge in [0.15, 0.2) is 0 Å². The Hall–Kier alpha value is -1.27. The van der Waals surface area contributed by atoms with E-state index < -0.39 is 40.0 Å². The van der Waals surface area contributed by atoms with Crippen molar-refractivity contribution in [2.24, 2.45) is 0 Å². The number of hydrogen-bond acceptors (Lipinski definition) is 6. The second kappa shape index (κ2) is 9.54. The van der Waals surface area contributed by atoms with E-state index in [9.17, 15) is 19.5 Å². The third-order valence-electron chi connectivity index (χ3n) is 5.25. The van der Waals surface area contributed by atoms with E-state index in [4.69, 9.17) is 27.7 Å². The summed E-state index contributed by atoms with van der Waals surface area (Å²) in [5.74, 6) is -1.84. The zero-order valence-electron chi connectivity index (χ0n) is 18.6. The van der Waals surface area contributed by atoms with Crippen molar-refractivity contribution in [3.63, 3.8) is 0 Å². The molecule has 2 aromatic rings. The predicted octanol–water partition coefficient (Wildman–Crippen LogP) is -0.506. The maximum absolute atomic E-state index is 13.1. The Morgan fingerprint density at radius 3 is 2.47 bits per heavy atom. The van der Waals surface area contributed by atoms with Crippen LogP contribution in [0.4, 0.5) is 0 Å². The number of carboxylic acid groups (broad SMARTS) is 1. The Bertz CT molecular complexity index is 1080. The first-order chi connectivity index (χ1) is 14.0. The van der Waals surface area contributed by atoms with Gasteiger partial charge in [-0.25, -0.2) is 4.79 Å². The molecule has 0 bridgehead atoms. The molecular formula is C19H20Cl2N3NaO6S. The number of β-lactam (4-membered cyclic amide) rings is 1. The quantitative estimate of drug-likeness (QED) is 0.415. The molecule has 1 aromatic carbocycles. The number of benzene rings is 1. The molecule has 0 unspecified atom stereocenters. The zero-order chi connectivity index (χ0) is 22.0. The maximum atomic E-state index is 13.1. The molecule has 168 valence electrons. The zero-order valence-corrected chi connectivity index (χ0v) is 21.9. The van der Waals surface area contributed by atoms with Gasteiger partial charge in [0, 0.05) is 10.3 Å². The van der Waals surface area contributed by atoms with Crippen LogP contribution in [0.15, 0.2) is 22.7 Å². The number of nitrogens with one attached hydrogen (secondary N) is 1. The standard InChI is InChI=1S/C19H17Cl2N3O5S.Na.H2O.H/c1-7-10(12(23-29-7)11-8(20)5-4-6-9(11)21)15(25)22-13-16(26)24-14(18(27)28)19(2,3)30-17(13)24;;;/h4-6,13-14,17H,1-3H3,(H,22,25)(H,27,28);;1H2;/q;+1;;-1/t13-,14+,17-;;;/m1.../s1. The first-order valence-electron chi connectivity index (χ1n) is 8.99. The number of aromatic nitrogens is 1. The van der Waals surface area contributed by atoms with Crippen LogP contribution < -0.4 is 34.9 Å². The van der Waals surface area contributed by atoms with Gasteiger partial charge >= 0.3 is 35.5 Å². The van der Waals surface area contributed by atoms with E-state index in [1.54, 1.807) is 39.0 Å². The molecule has 3 heterocycles. The molecule has 2 saturated heterocycles. The van der Waals surface area contributed by atoms with Gasteiger partial charge in [0.25, 0.3) is 5.91 Å². The third-order valence-corrected chi connectivity index (χ3v) is 7.45. The fourth-order valence-corrected chi connectivity index (χ4v) is 6.09. The van der Waals surface area contributed by atoms with Crippen molar-refractivity contribution in [3.8, 4) is 11.3 Å². The third kappa shape index (κ3) is 4.18. The van der Waals surface area contributed by atoms with E-state index in [1.165, 1.54) is 16.7 Å². The average Bonchev–Trinajstić information content (AvgIpc) is 3.14. The molecule has 9 nitrogen and oxygen atoms in total. The van der Waals surface area contributed by atoms with Crippen LogP contribution in [0.3, 0.4) is 0 Å². The molecule has 4 N–H and O–H groups in total. The molecule has 0 saturated carbocycles. The Labute approximate surface area is 221 Å². The van der Waals surface area contributed by atoms with Gasteiger partial charge in [0.2, 0.25) is 5.91 Å². The topological polar surface area (TPSA) is 144 Å². The van der Waals surface area contributed by atoms with Crippen molar-refractivity contribution in [3.05, 3.63) is 39.6 Å². The summed E-state index contributed by atoms with van der Waals surface area (Å²) in [4.78, 5) is 38.7. The van der Waals surface area contributed by atoms with Crippen molar-refractivity contribution in [1.82, 2.24) is 15.4 Å². The largest absolute Gasteiger partial charge is 1.00 e. The van der Waals surface area contributed by atoms with Gasteiger partial charge in [-0.1, -0.05) is 34.4 Å². The van der Waals surface area contributed by atoms with Gasteiger partial charge in [-0.15, -0.1) is 11.8 Å². The number of carbonyl (C=O) groups is 3. The molecular weight excluding hydrogens is 492 g/mol. The molecule has 4 rings (SSSR count). The molecule has 0 aliphatic carbocycles. The summed E-state index contributed by atoms with van der Waals surface area (Å²) in [6, 6.07) is 3.09. The van der Waals surface area contributed by atoms with E-state index in [0.717, 1.165) is 0 Å². The smallest absolute Gasteiger partial charge is 1.00 e. The second-order valence-corrected chi connectivity index (χ2v) is 10.2. The first-order valence-corrected chi connectivity index (χ1v) is 10.6. The van der Waals surface area contributed by atoms with Gasteiger partial charge < -0.3 is 26.7 Å². The molecule has 0 radical (unpaired) electrons. The number of halogens is 2. The van der Waals surface area contributed by atoms with Crippen LogP contribution in [0.5, 0.6) is 0 Å². The number of rotatable bonds is 4. The van der Waals surface area contributed by atoms with Crippen molar-refractivity contribution in [2.75, 3.05) is 0 Å². The molecule has 2 aliphatic rings. The second-order valence-electron chi connectivity index (χ2n) is 7.61. The van der Waals surface area contributed by atoms with E-state index in [-0.39, 0.29) is 53.5 Å².